The quantitative estimate of drug-likeness (QED) is 0.786. The van der Waals surface area contributed by atoms with Gasteiger partial charge in [0.1, 0.15) is 5.56 Å². The van der Waals surface area contributed by atoms with Crippen molar-refractivity contribution in [1.29, 1.82) is 0 Å². The first-order valence-corrected chi connectivity index (χ1v) is 4.50. The summed E-state index contributed by atoms with van der Waals surface area (Å²) in [6.45, 7) is 2.04. The number of hydrogen-bond acceptors (Lipinski definition) is 2. The van der Waals surface area contributed by atoms with Crippen LogP contribution in [0.25, 0.3) is 0 Å². The summed E-state index contributed by atoms with van der Waals surface area (Å²) in [5, 5.41) is 15.1. The molecule has 5 heteroatoms. The molecule has 0 fully saturated rings. The minimum Gasteiger partial charge on any atom is -0.478 e. The Morgan fingerprint density at radius 2 is 2.38 bits per heavy atom. The standard InChI is InChI=1S/C8H11ClN2O2/c1-2-3-4-5-6(8(12)13)7(9)11-10-5/h2-4H2,1H3,(H,10,11)(H,12,13). The normalized spacial score (nSPS) is 10.3. The van der Waals surface area contributed by atoms with E-state index >= 15 is 0 Å². The van der Waals surface area contributed by atoms with Gasteiger partial charge in [0.05, 0.1) is 5.69 Å². The fraction of sp³-hybridized carbons (Fsp3) is 0.500. The number of nitrogens with one attached hydrogen (secondary N) is 1. The van der Waals surface area contributed by atoms with Gasteiger partial charge in [-0.3, -0.25) is 5.10 Å². The molecule has 0 aliphatic heterocycles. The number of H-pyrrole nitrogens is 1. The van der Waals surface area contributed by atoms with Crippen molar-refractivity contribution in [3.05, 3.63) is 16.4 Å². The summed E-state index contributed by atoms with van der Waals surface area (Å²) >= 11 is 5.60. The van der Waals surface area contributed by atoms with Crippen molar-refractivity contribution in [3.63, 3.8) is 0 Å². The lowest BCUT2D eigenvalue weighted by Gasteiger charge is -1.96. The molecule has 0 spiro atoms. The zero-order valence-corrected chi connectivity index (χ0v) is 8.06. The van der Waals surface area contributed by atoms with Gasteiger partial charge in [-0.15, -0.1) is 0 Å². The second kappa shape index (κ2) is 4.28. The van der Waals surface area contributed by atoms with Crippen LogP contribution in [0.1, 0.15) is 35.8 Å². The molecular formula is C8H11ClN2O2. The molecule has 0 amide bonds. The van der Waals surface area contributed by atoms with Crippen molar-refractivity contribution in [2.45, 2.75) is 26.2 Å². The van der Waals surface area contributed by atoms with Crippen molar-refractivity contribution >= 4 is 17.6 Å². The molecule has 1 aromatic rings. The van der Waals surface area contributed by atoms with Gasteiger partial charge in [-0.2, -0.15) is 5.10 Å². The highest BCUT2D eigenvalue weighted by Crippen LogP contribution is 2.18. The van der Waals surface area contributed by atoms with Crippen LogP contribution in [0.4, 0.5) is 0 Å². The number of aromatic nitrogens is 2. The zero-order valence-electron chi connectivity index (χ0n) is 7.30. The van der Waals surface area contributed by atoms with Crippen LogP contribution in [0, 0.1) is 0 Å². The maximum absolute atomic E-state index is 10.7. The number of nitrogens with zero attached hydrogens (tertiary/aromatic N) is 1. The molecule has 0 aromatic carbocycles. The number of aromatic carboxylic acids is 1. The molecule has 0 bridgehead atoms. The van der Waals surface area contributed by atoms with E-state index in [0.717, 1.165) is 12.8 Å². The summed E-state index contributed by atoms with van der Waals surface area (Å²) < 4.78 is 0. The maximum Gasteiger partial charge on any atom is 0.340 e. The molecule has 2 N–H and O–H groups in total. The third-order valence-corrected chi connectivity index (χ3v) is 2.06. The van der Waals surface area contributed by atoms with Crippen molar-refractivity contribution in [2.75, 3.05) is 0 Å². The number of rotatable bonds is 4. The molecule has 13 heavy (non-hydrogen) atoms. The zero-order chi connectivity index (χ0) is 9.84. The number of carboxylic acid groups (broad SMARTS) is 1. The summed E-state index contributed by atoms with van der Waals surface area (Å²) in [6, 6.07) is 0. The topological polar surface area (TPSA) is 66.0 Å². The predicted octanol–water partition coefficient (Wildman–Crippen LogP) is 2.10. The first-order chi connectivity index (χ1) is 6.16. The van der Waals surface area contributed by atoms with E-state index in [4.69, 9.17) is 16.7 Å². The third kappa shape index (κ3) is 2.21. The van der Waals surface area contributed by atoms with Crippen LogP contribution in [0.2, 0.25) is 5.15 Å². The average Bonchev–Trinajstić information content (AvgIpc) is 2.43. The van der Waals surface area contributed by atoms with Gasteiger partial charge in [-0.1, -0.05) is 24.9 Å². The Balaban J connectivity index is 2.87. The molecule has 0 radical (unpaired) electrons. The van der Waals surface area contributed by atoms with Crippen LogP contribution in [-0.4, -0.2) is 21.3 Å². The van der Waals surface area contributed by atoms with Crippen LogP contribution in [0.15, 0.2) is 0 Å². The van der Waals surface area contributed by atoms with Crippen molar-refractivity contribution < 1.29 is 9.90 Å². The summed E-state index contributed by atoms with van der Waals surface area (Å²) in [4.78, 5) is 10.7. The monoisotopic (exact) mass is 202 g/mol. The van der Waals surface area contributed by atoms with Crippen LogP contribution < -0.4 is 0 Å². The van der Waals surface area contributed by atoms with E-state index < -0.39 is 5.97 Å². The molecular weight excluding hydrogens is 192 g/mol. The first-order valence-electron chi connectivity index (χ1n) is 4.12. The van der Waals surface area contributed by atoms with Gasteiger partial charge < -0.3 is 5.11 Å². The highest BCUT2D eigenvalue weighted by molar-refractivity contribution is 6.32. The van der Waals surface area contributed by atoms with Crippen LogP contribution in [0.3, 0.4) is 0 Å². The van der Waals surface area contributed by atoms with Crippen molar-refractivity contribution in [2.24, 2.45) is 0 Å². The molecule has 72 valence electrons. The number of carboxylic acids is 1. The molecule has 1 rings (SSSR count). The Kier molecular flexibility index (Phi) is 3.31. The first kappa shape index (κ1) is 10.1. The van der Waals surface area contributed by atoms with E-state index in [9.17, 15) is 4.79 Å². The Morgan fingerprint density at radius 3 is 2.92 bits per heavy atom. The molecule has 0 atom stereocenters. The summed E-state index contributed by atoms with van der Waals surface area (Å²) in [5.74, 6) is -1.02. The minimum absolute atomic E-state index is 0.0404. The van der Waals surface area contributed by atoms with E-state index in [1.807, 2.05) is 6.92 Å². The fourth-order valence-electron chi connectivity index (χ4n) is 1.10. The number of carbonyl (C=O) groups is 1. The fourth-order valence-corrected chi connectivity index (χ4v) is 1.34. The van der Waals surface area contributed by atoms with E-state index in [1.54, 1.807) is 0 Å². The average molecular weight is 203 g/mol. The smallest absolute Gasteiger partial charge is 0.340 e. The minimum atomic E-state index is -1.02. The Morgan fingerprint density at radius 1 is 1.69 bits per heavy atom. The lowest BCUT2D eigenvalue weighted by molar-refractivity contribution is 0.0696. The van der Waals surface area contributed by atoms with Gasteiger partial charge in [0.15, 0.2) is 5.15 Å². The largest absolute Gasteiger partial charge is 0.478 e. The van der Waals surface area contributed by atoms with Gasteiger partial charge >= 0.3 is 5.97 Å². The predicted molar refractivity (Wildman–Crippen MR) is 49.2 cm³/mol. The maximum atomic E-state index is 10.7. The highest BCUT2D eigenvalue weighted by Gasteiger charge is 2.17. The van der Waals surface area contributed by atoms with Gasteiger partial charge in [0.2, 0.25) is 0 Å². The van der Waals surface area contributed by atoms with E-state index in [2.05, 4.69) is 10.2 Å². The summed E-state index contributed by atoms with van der Waals surface area (Å²) in [5.41, 5.74) is 0.717. The van der Waals surface area contributed by atoms with E-state index in [1.165, 1.54) is 0 Å². The molecule has 1 heterocycles. The van der Waals surface area contributed by atoms with Crippen molar-refractivity contribution in [3.8, 4) is 0 Å². The number of aryl methyl sites for hydroxylation is 1. The van der Waals surface area contributed by atoms with Crippen LogP contribution in [-0.2, 0) is 6.42 Å². The van der Waals surface area contributed by atoms with Gasteiger partial charge in [-0.05, 0) is 12.8 Å². The molecule has 0 saturated heterocycles. The van der Waals surface area contributed by atoms with Crippen LogP contribution >= 0.6 is 11.6 Å². The summed E-state index contributed by atoms with van der Waals surface area (Å²) in [7, 11) is 0. The van der Waals surface area contributed by atoms with Gasteiger partial charge in [0, 0.05) is 0 Å². The molecule has 1 aromatic heterocycles. The third-order valence-electron chi connectivity index (χ3n) is 1.79. The molecule has 4 nitrogen and oxygen atoms in total. The highest BCUT2D eigenvalue weighted by atomic mass is 35.5. The summed E-state index contributed by atoms with van der Waals surface area (Å²) in [6.07, 6.45) is 2.62. The lowest BCUT2D eigenvalue weighted by atomic mass is 10.1. The van der Waals surface area contributed by atoms with E-state index in [-0.39, 0.29) is 10.7 Å². The molecule has 0 aliphatic rings. The van der Waals surface area contributed by atoms with E-state index in [0.29, 0.717) is 12.1 Å². The number of unbranched alkanes of at least 4 members (excludes halogenated alkanes) is 1. The Hall–Kier alpha value is -1.03. The van der Waals surface area contributed by atoms with Gasteiger partial charge in [-0.25, -0.2) is 4.79 Å². The molecule has 0 aliphatic carbocycles. The second-order valence-corrected chi connectivity index (χ2v) is 3.13. The second-order valence-electron chi connectivity index (χ2n) is 2.78. The number of aromatic amines is 1. The molecule has 0 saturated carbocycles. The number of hydrogen-bond donors (Lipinski definition) is 2. The van der Waals surface area contributed by atoms with Gasteiger partial charge in [0.25, 0.3) is 0 Å². The Labute approximate surface area is 80.9 Å². The van der Waals surface area contributed by atoms with Crippen LogP contribution in [0.5, 0.6) is 0 Å². The Bertz CT molecular complexity index is 309. The lowest BCUT2D eigenvalue weighted by Crippen LogP contribution is -2.00. The van der Waals surface area contributed by atoms with Crippen molar-refractivity contribution in [1.82, 2.24) is 10.2 Å². The molecule has 0 unspecified atom stereocenters. The number of halogens is 1. The SMILES string of the molecule is CCCCc1[nH]nc(Cl)c1C(=O)O.